The van der Waals surface area contributed by atoms with Crippen LogP contribution in [0, 0.1) is 0 Å². The molecule has 0 atom stereocenters. The Bertz CT molecular complexity index is 689. The number of nitrogens with zero attached hydrogens (tertiary/aromatic N) is 6. The standard InChI is InChI=1S/C19H32N8O2/c1-18(2,16-20-24-25-21-16)12-6-10-14(28)8-5-9-15(29)11-7-13-19(3,4)17-22-26-27-23-17/h5-13H2,1-4H3,(H,20,21,24,25)(H,22,23,26,27). The van der Waals surface area contributed by atoms with Gasteiger partial charge in [-0.2, -0.15) is 10.4 Å². The molecule has 0 fully saturated rings. The van der Waals surface area contributed by atoms with E-state index in [2.05, 4.69) is 41.2 Å². The fourth-order valence-electron chi connectivity index (χ4n) is 3.31. The Morgan fingerprint density at radius 3 is 1.41 bits per heavy atom. The second-order valence-electron chi connectivity index (χ2n) is 8.88. The van der Waals surface area contributed by atoms with Crippen LogP contribution in [-0.4, -0.2) is 52.8 Å². The van der Waals surface area contributed by atoms with Gasteiger partial charge in [0.1, 0.15) is 11.6 Å². The molecular formula is C19H32N8O2. The third kappa shape index (κ3) is 7.43. The molecule has 10 heteroatoms. The molecule has 2 aromatic rings. The molecule has 0 aliphatic heterocycles. The molecule has 2 rings (SSSR count). The molecule has 0 bridgehead atoms. The van der Waals surface area contributed by atoms with Crippen molar-refractivity contribution in [3.05, 3.63) is 11.6 Å². The van der Waals surface area contributed by atoms with Crippen molar-refractivity contribution < 1.29 is 9.59 Å². The first-order chi connectivity index (χ1) is 13.7. The van der Waals surface area contributed by atoms with Crippen LogP contribution in [0.25, 0.3) is 0 Å². The summed E-state index contributed by atoms with van der Waals surface area (Å²) in [6.07, 6.45) is 5.77. The highest BCUT2D eigenvalue weighted by atomic mass is 16.1. The Balaban J connectivity index is 1.56. The van der Waals surface area contributed by atoms with E-state index >= 15 is 0 Å². The van der Waals surface area contributed by atoms with E-state index in [1.807, 2.05) is 27.7 Å². The summed E-state index contributed by atoms with van der Waals surface area (Å²) in [5.74, 6) is 1.75. The summed E-state index contributed by atoms with van der Waals surface area (Å²) in [6.45, 7) is 8.17. The molecule has 0 aliphatic rings. The Morgan fingerprint density at radius 2 is 1.07 bits per heavy atom. The molecule has 160 valence electrons. The number of aromatic amines is 2. The summed E-state index contributed by atoms with van der Waals surface area (Å²) in [5.41, 5.74) is -0.420. The molecular weight excluding hydrogens is 372 g/mol. The van der Waals surface area contributed by atoms with Gasteiger partial charge in [-0.05, 0) is 32.1 Å². The molecule has 0 spiro atoms. The molecule has 29 heavy (non-hydrogen) atoms. The van der Waals surface area contributed by atoms with Crippen LogP contribution in [0.1, 0.15) is 97.1 Å². The first-order valence-electron chi connectivity index (χ1n) is 10.2. The van der Waals surface area contributed by atoms with E-state index in [1.54, 1.807) is 0 Å². The summed E-state index contributed by atoms with van der Waals surface area (Å²) in [7, 11) is 0. The van der Waals surface area contributed by atoms with E-state index < -0.39 is 0 Å². The number of carbonyl (C=O) groups is 2. The van der Waals surface area contributed by atoms with E-state index in [9.17, 15) is 9.59 Å². The highest BCUT2D eigenvalue weighted by Gasteiger charge is 2.26. The van der Waals surface area contributed by atoms with E-state index in [1.165, 1.54) is 0 Å². The zero-order valence-corrected chi connectivity index (χ0v) is 17.9. The van der Waals surface area contributed by atoms with Gasteiger partial charge in [0.2, 0.25) is 0 Å². The van der Waals surface area contributed by atoms with Crippen LogP contribution >= 0.6 is 0 Å². The second kappa shape index (κ2) is 10.3. The van der Waals surface area contributed by atoms with Crippen molar-refractivity contribution in [3.8, 4) is 0 Å². The highest BCUT2D eigenvalue weighted by molar-refractivity contribution is 5.81. The maximum Gasteiger partial charge on any atom is 0.180 e. The fraction of sp³-hybridized carbons (Fsp3) is 0.789. The lowest BCUT2D eigenvalue weighted by molar-refractivity contribution is -0.120. The van der Waals surface area contributed by atoms with Gasteiger partial charge in [-0.1, -0.05) is 38.1 Å². The van der Waals surface area contributed by atoms with Crippen molar-refractivity contribution in [1.82, 2.24) is 41.2 Å². The van der Waals surface area contributed by atoms with E-state index in [4.69, 9.17) is 0 Å². The maximum atomic E-state index is 12.1. The molecule has 0 radical (unpaired) electrons. The summed E-state index contributed by atoms with van der Waals surface area (Å²) in [6, 6.07) is 0. The molecule has 0 aliphatic carbocycles. The van der Waals surface area contributed by atoms with Gasteiger partial charge < -0.3 is 0 Å². The SMILES string of the molecule is CC(C)(CCCC(=O)CCCC(=O)CCCC(C)(C)c1nn[nH]n1)c1nn[nH]n1. The van der Waals surface area contributed by atoms with Crippen LogP contribution in [0.4, 0.5) is 0 Å². The number of hydrogen-bond acceptors (Lipinski definition) is 8. The number of hydrogen-bond donors (Lipinski definition) is 2. The Labute approximate surface area is 171 Å². The number of nitrogens with one attached hydrogen (secondary N) is 2. The van der Waals surface area contributed by atoms with Gasteiger partial charge in [0.15, 0.2) is 11.6 Å². The molecule has 0 saturated heterocycles. The highest BCUT2D eigenvalue weighted by Crippen LogP contribution is 2.26. The Kier molecular flexibility index (Phi) is 8.10. The monoisotopic (exact) mass is 404 g/mol. The topological polar surface area (TPSA) is 143 Å². The number of aromatic nitrogens is 8. The summed E-state index contributed by atoms with van der Waals surface area (Å²) < 4.78 is 0. The Morgan fingerprint density at radius 1 is 0.690 bits per heavy atom. The minimum atomic E-state index is -0.210. The number of ketones is 2. The molecule has 10 nitrogen and oxygen atoms in total. The predicted molar refractivity (Wildman–Crippen MR) is 106 cm³/mol. The van der Waals surface area contributed by atoms with Crippen molar-refractivity contribution in [3.63, 3.8) is 0 Å². The third-order valence-electron chi connectivity index (χ3n) is 5.33. The average Bonchev–Trinajstić information content (AvgIpc) is 3.35. The van der Waals surface area contributed by atoms with Crippen molar-refractivity contribution in [2.75, 3.05) is 0 Å². The van der Waals surface area contributed by atoms with Gasteiger partial charge in [0, 0.05) is 36.5 Å². The molecule has 0 saturated carbocycles. The van der Waals surface area contributed by atoms with Crippen molar-refractivity contribution in [2.45, 2.75) is 96.3 Å². The maximum absolute atomic E-state index is 12.1. The smallest absolute Gasteiger partial charge is 0.180 e. The summed E-state index contributed by atoms with van der Waals surface area (Å²) in [5, 5.41) is 28.2. The summed E-state index contributed by atoms with van der Waals surface area (Å²) in [4.78, 5) is 24.2. The molecule has 2 heterocycles. The number of H-pyrrole nitrogens is 2. The lowest BCUT2D eigenvalue weighted by Crippen LogP contribution is -2.19. The zero-order valence-electron chi connectivity index (χ0n) is 17.9. The summed E-state index contributed by atoms with van der Waals surface area (Å²) >= 11 is 0. The van der Waals surface area contributed by atoms with Gasteiger partial charge >= 0.3 is 0 Å². The molecule has 0 unspecified atom stereocenters. The number of carbonyl (C=O) groups excluding carboxylic acids is 2. The van der Waals surface area contributed by atoms with E-state index in [0.717, 1.165) is 25.7 Å². The van der Waals surface area contributed by atoms with Crippen molar-refractivity contribution in [1.29, 1.82) is 0 Å². The van der Waals surface area contributed by atoms with Crippen LogP contribution in [0.2, 0.25) is 0 Å². The van der Waals surface area contributed by atoms with Crippen LogP contribution in [0.15, 0.2) is 0 Å². The first kappa shape index (κ1) is 22.8. The molecule has 2 N–H and O–H groups in total. The largest absolute Gasteiger partial charge is 0.300 e. The van der Waals surface area contributed by atoms with Gasteiger partial charge in [0.05, 0.1) is 0 Å². The number of tetrazole rings is 2. The number of rotatable bonds is 14. The number of Topliss-reactive ketones (excluding diaryl/α,β-unsaturated/α-hetero) is 2. The normalized spacial score (nSPS) is 12.3. The predicted octanol–water partition coefficient (Wildman–Crippen LogP) is 2.62. The quantitative estimate of drug-likeness (QED) is 0.489. The fourth-order valence-corrected chi connectivity index (χ4v) is 3.31. The van der Waals surface area contributed by atoms with Gasteiger partial charge in [0.25, 0.3) is 0 Å². The molecule has 2 aromatic heterocycles. The van der Waals surface area contributed by atoms with E-state index in [0.29, 0.717) is 43.8 Å². The average molecular weight is 405 g/mol. The van der Waals surface area contributed by atoms with E-state index in [-0.39, 0.29) is 22.4 Å². The van der Waals surface area contributed by atoms with Crippen LogP contribution in [-0.2, 0) is 20.4 Å². The Hall–Kier alpha value is -2.52. The van der Waals surface area contributed by atoms with Crippen LogP contribution in [0.3, 0.4) is 0 Å². The lowest BCUT2D eigenvalue weighted by atomic mass is 9.85. The van der Waals surface area contributed by atoms with Crippen molar-refractivity contribution >= 4 is 11.6 Å². The van der Waals surface area contributed by atoms with Crippen molar-refractivity contribution in [2.24, 2.45) is 0 Å². The minimum absolute atomic E-state index is 0.208. The van der Waals surface area contributed by atoms with Gasteiger partial charge in [-0.25, -0.2) is 0 Å². The van der Waals surface area contributed by atoms with Gasteiger partial charge in [-0.3, -0.25) is 9.59 Å². The van der Waals surface area contributed by atoms with Crippen LogP contribution in [0.5, 0.6) is 0 Å². The van der Waals surface area contributed by atoms with Crippen LogP contribution < -0.4 is 0 Å². The molecule has 0 amide bonds. The second-order valence-corrected chi connectivity index (χ2v) is 8.88. The van der Waals surface area contributed by atoms with Gasteiger partial charge in [-0.15, -0.1) is 20.4 Å². The zero-order chi connectivity index (χ0) is 21.3. The molecule has 0 aromatic carbocycles. The minimum Gasteiger partial charge on any atom is -0.300 e. The first-order valence-corrected chi connectivity index (χ1v) is 10.2. The third-order valence-corrected chi connectivity index (χ3v) is 5.33. The lowest BCUT2D eigenvalue weighted by Gasteiger charge is -2.19.